The van der Waals surface area contributed by atoms with Crippen molar-refractivity contribution in [2.75, 3.05) is 13.7 Å². The molecule has 6 nitrogen and oxygen atoms in total. The number of carbonyl (C=O) groups is 1. The monoisotopic (exact) mass is 434 g/mol. The Bertz CT molecular complexity index is 1070. The van der Waals surface area contributed by atoms with Crippen LogP contribution in [0.15, 0.2) is 67.0 Å². The zero-order valence-corrected chi connectivity index (χ0v) is 18.5. The predicted octanol–water partition coefficient (Wildman–Crippen LogP) is 4.43. The smallest absolute Gasteiger partial charge is 0.337 e. The maximum absolute atomic E-state index is 12.1. The Morgan fingerprint density at radius 1 is 1.19 bits per heavy atom. The number of rotatable bonds is 7. The number of methoxy groups -OCH3 is 1. The van der Waals surface area contributed by atoms with Gasteiger partial charge in [-0.25, -0.2) is 4.79 Å². The molecule has 4 rings (SSSR count). The van der Waals surface area contributed by atoms with Crippen LogP contribution in [0.2, 0.25) is 0 Å². The predicted molar refractivity (Wildman–Crippen MR) is 124 cm³/mol. The standard InChI is InChI=1S/C24H26N4O2S/c1-3-4-14-28-22(21(26-24(28)31)19-11-5-6-13-25-19)20-12-8-15-27(20)18-10-7-9-17(16-18)23(29)30-2/h5-13,15-16,21-22H,3-4,14H2,1-2H3,(H,26,31)/t21-,22+/m0/s1. The molecule has 1 aliphatic rings. The SMILES string of the molecule is CCCCN1C(=S)N[C@@H](c2ccccn2)[C@H]1c1cccn1-c1cccc(C(=O)OC)c1. The third-order valence-electron chi connectivity index (χ3n) is 5.58. The maximum atomic E-state index is 12.1. The Balaban J connectivity index is 1.78. The molecule has 0 aliphatic carbocycles. The van der Waals surface area contributed by atoms with Gasteiger partial charge in [-0.1, -0.05) is 25.5 Å². The summed E-state index contributed by atoms with van der Waals surface area (Å²) < 4.78 is 7.01. The fraction of sp³-hybridized carbons (Fsp3) is 0.292. The number of ether oxygens (including phenoxy) is 1. The average Bonchev–Trinajstić information content (AvgIpc) is 3.42. The van der Waals surface area contributed by atoms with Crippen LogP contribution in [0.25, 0.3) is 5.69 Å². The van der Waals surface area contributed by atoms with Gasteiger partial charge in [0, 0.05) is 30.3 Å². The third kappa shape index (κ3) is 4.18. The first-order valence-electron chi connectivity index (χ1n) is 10.5. The van der Waals surface area contributed by atoms with Gasteiger partial charge >= 0.3 is 5.97 Å². The van der Waals surface area contributed by atoms with Crippen molar-refractivity contribution in [1.29, 1.82) is 0 Å². The minimum Gasteiger partial charge on any atom is -0.465 e. The molecule has 0 radical (unpaired) electrons. The average molecular weight is 435 g/mol. The second-order valence-corrected chi connectivity index (χ2v) is 7.91. The van der Waals surface area contributed by atoms with E-state index in [9.17, 15) is 4.79 Å². The quantitative estimate of drug-likeness (QED) is 0.438. The molecule has 0 unspecified atom stereocenters. The van der Waals surface area contributed by atoms with Crippen LogP contribution in [-0.4, -0.2) is 39.2 Å². The number of aromatic nitrogens is 2. The van der Waals surface area contributed by atoms with E-state index in [4.69, 9.17) is 17.0 Å². The molecule has 0 bridgehead atoms. The highest BCUT2D eigenvalue weighted by molar-refractivity contribution is 7.80. The van der Waals surface area contributed by atoms with E-state index in [1.807, 2.05) is 54.9 Å². The number of hydrogen-bond donors (Lipinski definition) is 1. The van der Waals surface area contributed by atoms with Crippen LogP contribution in [-0.2, 0) is 4.74 Å². The molecular weight excluding hydrogens is 408 g/mol. The summed E-state index contributed by atoms with van der Waals surface area (Å²) in [5.74, 6) is -0.352. The Kier molecular flexibility index (Phi) is 6.32. The van der Waals surface area contributed by atoms with Crippen LogP contribution in [0, 0.1) is 0 Å². The summed E-state index contributed by atoms with van der Waals surface area (Å²) in [6, 6.07) is 17.5. The highest BCUT2D eigenvalue weighted by Gasteiger charge is 2.40. The van der Waals surface area contributed by atoms with Crippen LogP contribution >= 0.6 is 12.2 Å². The first-order valence-corrected chi connectivity index (χ1v) is 10.9. The lowest BCUT2D eigenvalue weighted by Crippen LogP contribution is -2.31. The van der Waals surface area contributed by atoms with Crippen molar-refractivity contribution in [3.05, 3.63) is 83.9 Å². The van der Waals surface area contributed by atoms with Gasteiger partial charge in [-0.3, -0.25) is 4.98 Å². The number of unbranched alkanes of at least 4 members (excludes halogenated alkanes) is 1. The number of nitrogens with one attached hydrogen (secondary N) is 1. The topological polar surface area (TPSA) is 59.4 Å². The molecular formula is C24H26N4O2S. The number of thiocarbonyl (C=S) groups is 1. The van der Waals surface area contributed by atoms with Gasteiger partial charge in [0.05, 0.1) is 30.5 Å². The molecule has 2 aromatic heterocycles. The molecule has 7 heteroatoms. The van der Waals surface area contributed by atoms with Gasteiger partial charge in [-0.2, -0.15) is 0 Å². The van der Waals surface area contributed by atoms with Crippen LogP contribution in [0.4, 0.5) is 0 Å². The molecule has 0 spiro atoms. The van der Waals surface area contributed by atoms with E-state index in [0.29, 0.717) is 5.56 Å². The first-order chi connectivity index (χ1) is 15.1. The van der Waals surface area contributed by atoms with Crippen molar-refractivity contribution in [3.8, 4) is 5.69 Å². The highest BCUT2D eigenvalue weighted by atomic mass is 32.1. The summed E-state index contributed by atoms with van der Waals surface area (Å²) in [7, 11) is 1.39. The summed E-state index contributed by atoms with van der Waals surface area (Å²) in [5, 5.41) is 4.23. The van der Waals surface area contributed by atoms with E-state index in [-0.39, 0.29) is 18.1 Å². The minimum atomic E-state index is -0.352. The number of benzene rings is 1. The van der Waals surface area contributed by atoms with Crippen molar-refractivity contribution in [3.63, 3.8) is 0 Å². The fourth-order valence-corrected chi connectivity index (χ4v) is 4.40. The van der Waals surface area contributed by atoms with Crippen molar-refractivity contribution in [2.45, 2.75) is 31.8 Å². The van der Waals surface area contributed by atoms with Crippen molar-refractivity contribution < 1.29 is 9.53 Å². The normalized spacial score (nSPS) is 18.1. The lowest BCUT2D eigenvalue weighted by Gasteiger charge is -2.29. The van der Waals surface area contributed by atoms with E-state index >= 15 is 0 Å². The molecule has 160 valence electrons. The van der Waals surface area contributed by atoms with E-state index in [1.54, 1.807) is 6.07 Å². The van der Waals surface area contributed by atoms with Gasteiger partial charge in [-0.15, -0.1) is 0 Å². The Morgan fingerprint density at radius 2 is 2.06 bits per heavy atom. The number of carbonyl (C=O) groups excluding carboxylic acids is 1. The second kappa shape index (κ2) is 9.31. The molecule has 3 heterocycles. The number of nitrogens with zero attached hydrogens (tertiary/aromatic N) is 3. The molecule has 0 amide bonds. The highest BCUT2D eigenvalue weighted by Crippen LogP contribution is 2.39. The second-order valence-electron chi connectivity index (χ2n) is 7.52. The zero-order chi connectivity index (χ0) is 21.8. The number of esters is 1. The van der Waals surface area contributed by atoms with Crippen molar-refractivity contribution >= 4 is 23.3 Å². The molecule has 2 atom stereocenters. The Morgan fingerprint density at radius 3 is 2.81 bits per heavy atom. The van der Waals surface area contributed by atoms with Crippen LogP contribution in [0.1, 0.15) is 53.6 Å². The van der Waals surface area contributed by atoms with Crippen LogP contribution in [0.5, 0.6) is 0 Å². The zero-order valence-electron chi connectivity index (χ0n) is 17.7. The van der Waals surface area contributed by atoms with E-state index in [0.717, 1.165) is 41.6 Å². The lowest BCUT2D eigenvalue weighted by molar-refractivity contribution is 0.0600. The molecule has 1 fully saturated rings. The summed E-state index contributed by atoms with van der Waals surface area (Å²) in [6.45, 7) is 3.04. The summed E-state index contributed by atoms with van der Waals surface area (Å²) in [6.07, 6.45) is 5.96. The van der Waals surface area contributed by atoms with Gasteiger partial charge in [0.1, 0.15) is 0 Å². The summed E-state index contributed by atoms with van der Waals surface area (Å²) in [5.41, 5.74) is 3.45. The van der Waals surface area contributed by atoms with Crippen molar-refractivity contribution in [1.82, 2.24) is 19.8 Å². The Hall–Kier alpha value is -3.19. The fourth-order valence-electron chi connectivity index (χ4n) is 4.07. The number of hydrogen-bond acceptors (Lipinski definition) is 4. The van der Waals surface area contributed by atoms with E-state index < -0.39 is 0 Å². The molecule has 1 aliphatic heterocycles. The summed E-state index contributed by atoms with van der Waals surface area (Å²) >= 11 is 5.73. The van der Waals surface area contributed by atoms with E-state index in [2.05, 4.69) is 32.8 Å². The molecule has 3 aromatic rings. The van der Waals surface area contributed by atoms with Gasteiger partial charge in [-0.05, 0) is 61.1 Å². The molecule has 0 saturated carbocycles. The summed E-state index contributed by atoms with van der Waals surface area (Å²) in [4.78, 5) is 18.9. The molecule has 1 N–H and O–H groups in total. The van der Waals surface area contributed by atoms with Crippen LogP contribution in [0.3, 0.4) is 0 Å². The van der Waals surface area contributed by atoms with Crippen LogP contribution < -0.4 is 5.32 Å². The maximum Gasteiger partial charge on any atom is 0.337 e. The van der Waals surface area contributed by atoms with Gasteiger partial charge in [0.25, 0.3) is 0 Å². The Labute approximate surface area is 187 Å². The molecule has 1 aromatic carbocycles. The van der Waals surface area contributed by atoms with Crippen molar-refractivity contribution in [2.24, 2.45) is 0 Å². The molecule has 1 saturated heterocycles. The van der Waals surface area contributed by atoms with Gasteiger partial charge < -0.3 is 19.5 Å². The minimum absolute atomic E-state index is 0.0225. The first kappa shape index (κ1) is 21.1. The number of pyridine rings is 1. The largest absolute Gasteiger partial charge is 0.465 e. The lowest BCUT2D eigenvalue weighted by atomic mass is 10.0. The van der Waals surface area contributed by atoms with Gasteiger partial charge in [0.2, 0.25) is 0 Å². The van der Waals surface area contributed by atoms with Gasteiger partial charge in [0.15, 0.2) is 5.11 Å². The molecule has 31 heavy (non-hydrogen) atoms. The van der Waals surface area contributed by atoms with E-state index in [1.165, 1.54) is 7.11 Å². The third-order valence-corrected chi connectivity index (χ3v) is 5.93.